The maximum Gasteiger partial charge on any atom is 0.303 e. The highest BCUT2D eigenvalue weighted by Crippen LogP contribution is 2.26. The van der Waals surface area contributed by atoms with Crippen molar-refractivity contribution in [2.45, 2.75) is 18.8 Å². The lowest BCUT2D eigenvalue weighted by Gasteiger charge is -2.15. The molecule has 1 atom stereocenters. The highest BCUT2D eigenvalue weighted by atomic mass is 35.5. The molecule has 1 rings (SSSR count). The van der Waals surface area contributed by atoms with Crippen molar-refractivity contribution in [2.75, 3.05) is 6.54 Å². The standard InChI is InChI=1S/C11H14ClNO2/c12-10-4-2-1-3-9(10)8(7-13)5-6-11(14)15/h1-4,8H,5-7,13H2,(H,14,15). The number of hydrogen-bond acceptors (Lipinski definition) is 2. The smallest absolute Gasteiger partial charge is 0.303 e. The lowest BCUT2D eigenvalue weighted by atomic mass is 9.94. The van der Waals surface area contributed by atoms with Crippen LogP contribution in [0.1, 0.15) is 24.3 Å². The second-order valence-electron chi connectivity index (χ2n) is 3.39. The normalized spacial score (nSPS) is 12.4. The molecule has 0 heterocycles. The zero-order valence-corrected chi connectivity index (χ0v) is 9.07. The number of halogens is 1. The SMILES string of the molecule is NCC(CCC(=O)O)c1ccccc1Cl. The molecule has 0 aliphatic heterocycles. The highest BCUT2D eigenvalue weighted by molar-refractivity contribution is 6.31. The van der Waals surface area contributed by atoms with Gasteiger partial charge in [0.1, 0.15) is 0 Å². The molecule has 15 heavy (non-hydrogen) atoms. The second-order valence-corrected chi connectivity index (χ2v) is 3.79. The minimum Gasteiger partial charge on any atom is -0.481 e. The fourth-order valence-electron chi connectivity index (χ4n) is 1.50. The molecule has 0 aromatic heterocycles. The van der Waals surface area contributed by atoms with Gasteiger partial charge < -0.3 is 10.8 Å². The largest absolute Gasteiger partial charge is 0.481 e. The molecule has 1 aromatic rings. The number of hydrogen-bond donors (Lipinski definition) is 2. The van der Waals surface area contributed by atoms with Crippen molar-refractivity contribution in [3.63, 3.8) is 0 Å². The molecule has 4 heteroatoms. The van der Waals surface area contributed by atoms with E-state index >= 15 is 0 Å². The first kappa shape index (κ1) is 12.0. The average molecular weight is 228 g/mol. The van der Waals surface area contributed by atoms with Crippen LogP contribution in [0.15, 0.2) is 24.3 Å². The van der Waals surface area contributed by atoms with E-state index in [9.17, 15) is 4.79 Å². The summed E-state index contributed by atoms with van der Waals surface area (Å²) in [6, 6.07) is 7.41. The van der Waals surface area contributed by atoms with Gasteiger partial charge in [0.2, 0.25) is 0 Å². The van der Waals surface area contributed by atoms with Crippen LogP contribution >= 0.6 is 11.6 Å². The first-order chi connectivity index (χ1) is 7.15. The van der Waals surface area contributed by atoms with E-state index < -0.39 is 5.97 Å². The van der Waals surface area contributed by atoms with E-state index in [1.54, 1.807) is 6.07 Å². The Bertz CT molecular complexity index is 341. The van der Waals surface area contributed by atoms with E-state index in [4.69, 9.17) is 22.4 Å². The van der Waals surface area contributed by atoms with Crippen LogP contribution in [0.4, 0.5) is 0 Å². The molecule has 0 fully saturated rings. The van der Waals surface area contributed by atoms with Crippen LogP contribution in [-0.4, -0.2) is 17.6 Å². The van der Waals surface area contributed by atoms with Crippen LogP contribution in [-0.2, 0) is 4.79 Å². The van der Waals surface area contributed by atoms with E-state index in [1.165, 1.54) is 0 Å². The van der Waals surface area contributed by atoms with Crippen LogP contribution in [0.3, 0.4) is 0 Å². The van der Waals surface area contributed by atoms with Gasteiger partial charge in [-0.1, -0.05) is 29.8 Å². The quantitative estimate of drug-likeness (QED) is 0.811. The monoisotopic (exact) mass is 227 g/mol. The third-order valence-corrected chi connectivity index (χ3v) is 2.68. The summed E-state index contributed by atoms with van der Waals surface area (Å²) in [5.41, 5.74) is 6.54. The summed E-state index contributed by atoms with van der Waals surface area (Å²) in [5.74, 6) is -0.782. The Morgan fingerprint density at radius 3 is 2.67 bits per heavy atom. The molecular formula is C11H14ClNO2. The predicted molar refractivity (Wildman–Crippen MR) is 60.1 cm³/mol. The first-order valence-corrected chi connectivity index (χ1v) is 5.19. The molecular weight excluding hydrogens is 214 g/mol. The maximum absolute atomic E-state index is 10.5. The van der Waals surface area contributed by atoms with Gasteiger partial charge in [-0.2, -0.15) is 0 Å². The van der Waals surface area contributed by atoms with E-state index in [-0.39, 0.29) is 12.3 Å². The van der Waals surface area contributed by atoms with Crippen LogP contribution in [0.2, 0.25) is 5.02 Å². The summed E-state index contributed by atoms with van der Waals surface area (Å²) in [5, 5.41) is 9.25. The third kappa shape index (κ3) is 3.53. The summed E-state index contributed by atoms with van der Waals surface area (Å²) < 4.78 is 0. The Kier molecular flexibility index (Phi) is 4.59. The van der Waals surface area contributed by atoms with Crippen molar-refractivity contribution < 1.29 is 9.90 Å². The van der Waals surface area contributed by atoms with Gasteiger partial charge in [-0.25, -0.2) is 0 Å². The Labute approximate surface area is 93.9 Å². The van der Waals surface area contributed by atoms with Gasteiger partial charge in [0.15, 0.2) is 0 Å². The summed E-state index contributed by atoms with van der Waals surface area (Å²) in [6.45, 7) is 0.414. The maximum atomic E-state index is 10.5. The second kappa shape index (κ2) is 5.73. The molecule has 3 nitrogen and oxygen atoms in total. The zero-order valence-electron chi connectivity index (χ0n) is 8.32. The van der Waals surface area contributed by atoms with E-state index in [0.29, 0.717) is 18.0 Å². The number of nitrogens with two attached hydrogens (primary N) is 1. The molecule has 0 radical (unpaired) electrons. The van der Waals surface area contributed by atoms with Gasteiger partial charge in [0.25, 0.3) is 0 Å². The van der Waals surface area contributed by atoms with Crippen LogP contribution in [0.5, 0.6) is 0 Å². The molecule has 0 spiro atoms. The summed E-state index contributed by atoms with van der Waals surface area (Å²) >= 11 is 6.01. The van der Waals surface area contributed by atoms with Gasteiger partial charge in [0.05, 0.1) is 0 Å². The molecule has 0 saturated carbocycles. The highest BCUT2D eigenvalue weighted by Gasteiger charge is 2.13. The molecule has 3 N–H and O–H groups in total. The van der Waals surface area contributed by atoms with Gasteiger partial charge in [-0.15, -0.1) is 0 Å². The minimum atomic E-state index is -0.805. The number of carboxylic acid groups (broad SMARTS) is 1. The molecule has 1 aromatic carbocycles. The van der Waals surface area contributed by atoms with E-state index in [1.807, 2.05) is 18.2 Å². The van der Waals surface area contributed by atoms with Crippen molar-refractivity contribution >= 4 is 17.6 Å². The Hall–Kier alpha value is -1.06. The minimum absolute atomic E-state index is 0.0230. The molecule has 0 saturated heterocycles. The van der Waals surface area contributed by atoms with E-state index in [2.05, 4.69) is 0 Å². The number of carboxylic acids is 1. The van der Waals surface area contributed by atoms with Gasteiger partial charge in [-0.05, 0) is 30.5 Å². The Morgan fingerprint density at radius 1 is 1.47 bits per heavy atom. The lowest BCUT2D eigenvalue weighted by molar-refractivity contribution is -0.137. The first-order valence-electron chi connectivity index (χ1n) is 4.81. The Morgan fingerprint density at radius 2 is 2.13 bits per heavy atom. The topological polar surface area (TPSA) is 63.3 Å². The fourth-order valence-corrected chi connectivity index (χ4v) is 1.79. The van der Waals surface area contributed by atoms with Gasteiger partial charge in [0, 0.05) is 11.4 Å². The number of carbonyl (C=O) groups is 1. The molecule has 0 aliphatic rings. The summed E-state index contributed by atoms with van der Waals surface area (Å²) in [7, 11) is 0. The molecule has 1 unspecified atom stereocenters. The zero-order chi connectivity index (χ0) is 11.3. The van der Waals surface area contributed by atoms with Crippen LogP contribution in [0.25, 0.3) is 0 Å². The van der Waals surface area contributed by atoms with Crippen LogP contribution in [0, 0.1) is 0 Å². The third-order valence-electron chi connectivity index (χ3n) is 2.34. The number of benzene rings is 1. The van der Waals surface area contributed by atoms with Crippen molar-refractivity contribution in [1.82, 2.24) is 0 Å². The van der Waals surface area contributed by atoms with Crippen molar-refractivity contribution in [3.05, 3.63) is 34.9 Å². The van der Waals surface area contributed by atoms with Crippen LogP contribution < -0.4 is 5.73 Å². The average Bonchev–Trinajstić information content (AvgIpc) is 2.21. The fraction of sp³-hybridized carbons (Fsp3) is 0.364. The Balaban J connectivity index is 2.74. The predicted octanol–water partition coefficient (Wildman–Crippen LogP) is 2.25. The number of aliphatic carboxylic acids is 1. The number of rotatable bonds is 5. The molecule has 0 aliphatic carbocycles. The summed E-state index contributed by atoms with van der Waals surface area (Å²) in [6.07, 6.45) is 0.642. The van der Waals surface area contributed by atoms with Gasteiger partial charge in [-0.3, -0.25) is 4.79 Å². The lowest BCUT2D eigenvalue weighted by Crippen LogP contribution is -2.14. The van der Waals surface area contributed by atoms with Crippen molar-refractivity contribution in [3.8, 4) is 0 Å². The molecule has 82 valence electrons. The molecule has 0 bridgehead atoms. The van der Waals surface area contributed by atoms with E-state index in [0.717, 1.165) is 5.56 Å². The van der Waals surface area contributed by atoms with Crippen molar-refractivity contribution in [1.29, 1.82) is 0 Å². The van der Waals surface area contributed by atoms with Gasteiger partial charge >= 0.3 is 5.97 Å². The summed E-state index contributed by atoms with van der Waals surface area (Å²) in [4.78, 5) is 10.5. The van der Waals surface area contributed by atoms with Crippen molar-refractivity contribution in [2.24, 2.45) is 5.73 Å². The molecule has 0 amide bonds.